The molecule has 122 valence electrons. The van der Waals surface area contributed by atoms with Crippen LogP contribution in [0.4, 0.5) is 0 Å². The highest BCUT2D eigenvalue weighted by atomic mass is 32.1. The molecule has 23 heavy (non-hydrogen) atoms. The second-order valence-electron chi connectivity index (χ2n) is 6.34. The van der Waals surface area contributed by atoms with E-state index in [0.29, 0.717) is 12.6 Å². The number of hydrogen-bond acceptors (Lipinski definition) is 3. The minimum atomic E-state index is 0.0421. The maximum absolute atomic E-state index is 12.5. The molecule has 0 saturated carbocycles. The molecular weight excluding hydrogens is 304 g/mol. The van der Waals surface area contributed by atoms with E-state index in [1.807, 2.05) is 23.5 Å². The van der Waals surface area contributed by atoms with Crippen molar-refractivity contribution in [3.05, 3.63) is 57.3 Å². The molecule has 0 aliphatic carbocycles. The summed E-state index contributed by atoms with van der Waals surface area (Å²) in [5, 5.41) is 5.30. The fraction of sp³-hybridized carbons (Fsp3) is 0.421. The molecule has 0 spiro atoms. The van der Waals surface area contributed by atoms with E-state index in [9.17, 15) is 4.79 Å². The van der Waals surface area contributed by atoms with Gasteiger partial charge in [-0.25, -0.2) is 0 Å². The molecule has 4 heteroatoms. The van der Waals surface area contributed by atoms with E-state index in [1.54, 1.807) is 0 Å². The van der Waals surface area contributed by atoms with Crippen LogP contribution in [0.1, 0.15) is 47.5 Å². The van der Waals surface area contributed by atoms with Crippen molar-refractivity contribution in [1.82, 2.24) is 10.2 Å². The van der Waals surface area contributed by atoms with E-state index in [0.717, 1.165) is 13.0 Å². The Labute approximate surface area is 142 Å². The van der Waals surface area contributed by atoms with Gasteiger partial charge in [-0.2, -0.15) is 0 Å². The Kier molecular flexibility index (Phi) is 4.83. The van der Waals surface area contributed by atoms with Gasteiger partial charge >= 0.3 is 0 Å². The molecule has 1 aliphatic rings. The highest BCUT2D eigenvalue weighted by Crippen LogP contribution is 2.32. The van der Waals surface area contributed by atoms with Crippen LogP contribution in [0.3, 0.4) is 0 Å². The number of carbonyl (C=O) groups excluding carboxylic acids is 1. The Hall–Kier alpha value is -1.65. The summed E-state index contributed by atoms with van der Waals surface area (Å²) in [6.07, 6.45) is 1.05. The number of thiophene rings is 1. The van der Waals surface area contributed by atoms with Crippen molar-refractivity contribution in [2.24, 2.45) is 0 Å². The highest BCUT2D eigenvalue weighted by Gasteiger charge is 2.26. The van der Waals surface area contributed by atoms with Crippen LogP contribution in [0.2, 0.25) is 0 Å². The predicted molar refractivity (Wildman–Crippen MR) is 95.7 cm³/mol. The first-order valence-electron chi connectivity index (χ1n) is 8.21. The van der Waals surface area contributed by atoms with E-state index >= 15 is 0 Å². The Morgan fingerprint density at radius 1 is 1.39 bits per heavy atom. The second kappa shape index (κ2) is 6.85. The van der Waals surface area contributed by atoms with Crippen molar-refractivity contribution >= 4 is 17.2 Å². The molecule has 0 unspecified atom stereocenters. The number of rotatable bonds is 4. The van der Waals surface area contributed by atoms with E-state index in [4.69, 9.17) is 0 Å². The fourth-order valence-corrected chi connectivity index (χ4v) is 4.36. The minimum Gasteiger partial charge on any atom is -0.348 e. The molecule has 1 aromatic carbocycles. The monoisotopic (exact) mass is 328 g/mol. The van der Waals surface area contributed by atoms with Crippen molar-refractivity contribution in [3.63, 3.8) is 0 Å². The van der Waals surface area contributed by atoms with Crippen LogP contribution in [0, 0.1) is 6.92 Å². The maximum atomic E-state index is 12.5. The van der Waals surface area contributed by atoms with Crippen molar-refractivity contribution in [3.8, 4) is 0 Å². The molecule has 1 N–H and O–H groups in total. The molecule has 1 aliphatic heterocycles. The summed E-state index contributed by atoms with van der Waals surface area (Å²) in [5.74, 6) is 0.103. The molecule has 2 aromatic rings. The summed E-state index contributed by atoms with van der Waals surface area (Å²) >= 11 is 1.83. The van der Waals surface area contributed by atoms with Crippen molar-refractivity contribution < 1.29 is 4.79 Å². The summed E-state index contributed by atoms with van der Waals surface area (Å²) < 4.78 is 0. The topological polar surface area (TPSA) is 32.3 Å². The number of carbonyl (C=O) groups is 1. The van der Waals surface area contributed by atoms with Gasteiger partial charge in [0.25, 0.3) is 0 Å². The maximum Gasteiger partial charge on any atom is 0.234 e. The van der Waals surface area contributed by atoms with Crippen LogP contribution in [-0.4, -0.2) is 23.9 Å². The lowest BCUT2D eigenvalue weighted by Crippen LogP contribution is -2.42. The third-order valence-corrected chi connectivity index (χ3v) is 5.78. The van der Waals surface area contributed by atoms with Gasteiger partial charge in [-0.1, -0.05) is 24.3 Å². The number of benzene rings is 1. The normalized spacial score (nSPS) is 19.2. The third kappa shape index (κ3) is 3.48. The standard InChI is InChI=1S/C19H24N2OS/c1-13-6-4-5-7-16(13)14(2)20-19(22)12-21-10-8-18-17(15(21)3)9-11-23-18/h4-7,9,11,14-15H,8,10,12H2,1-3H3,(H,20,22)/t14-,15-/m1/s1. The predicted octanol–water partition coefficient (Wildman–Crippen LogP) is 3.85. The lowest BCUT2D eigenvalue weighted by Gasteiger charge is -2.33. The number of hydrogen-bond donors (Lipinski definition) is 1. The molecule has 2 heterocycles. The van der Waals surface area contributed by atoms with Crippen molar-refractivity contribution in [2.75, 3.05) is 13.1 Å². The van der Waals surface area contributed by atoms with Crippen LogP contribution in [-0.2, 0) is 11.2 Å². The lowest BCUT2D eigenvalue weighted by atomic mass is 10.0. The molecule has 0 radical (unpaired) electrons. The van der Waals surface area contributed by atoms with Crippen LogP contribution in [0.5, 0.6) is 0 Å². The zero-order valence-corrected chi connectivity index (χ0v) is 14.8. The Bertz CT molecular complexity index is 694. The summed E-state index contributed by atoms with van der Waals surface area (Å²) in [6.45, 7) is 7.76. The number of amides is 1. The molecule has 0 fully saturated rings. The Morgan fingerprint density at radius 2 is 2.17 bits per heavy atom. The Balaban J connectivity index is 1.61. The lowest BCUT2D eigenvalue weighted by molar-refractivity contribution is -0.123. The quantitative estimate of drug-likeness (QED) is 0.924. The Morgan fingerprint density at radius 3 is 2.96 bits per heavy atom. The number of aryl methyl sites for hydroxylation is 1. The van der Waals surface area contributed by atoms with E-state index in [2.05, 4.69) is 54.6 Å². The average Bonchev–Trinajstić information content (AvgIpc) is 3.00. The first-order valence-corrected chi connectivity index (χ1v) is 9.09. The van der Waals surface area contributed by atoms with Gasteiger partial charge in [-0.05, 0) is 55.3 Å². The van der Waals surface area contributed by atoms with Gasteiger partial charge in [-0.3, -0.25) is 9.69 Å². The van der Waals surface area contributed by atoms with Gasteiger partial charge < -0.3 is 5.32 Å². The van der Waals surface area contributed by atoms with Gasteiger partial charge in [0.15, 0.2) is 0 Å². The van der Waals surface area contributed by atoms with Crippen LogP contribution < -0.4 is 5.32 Å². The fourth-order valence-electron chi connectivity index (χ4n) is 3.40. The zero-order chi connectivity index (χ0) is 16.4. The number of nitrogens with zero attached hydrogens (tertiary/aromatic N) is 1. The van der Waals surface area contributed by atoms with E-state index < -0.39 is 0 Å². The van der Waals surface area contributed by atoms with Gasteiger partial charge in [0.05, 0.1) is 12.6 Å². The molecule has 3 nitrogen and oxygen atoms in total. The molecule has 2 atom stereocenters. The molecule has 3 rings (SSSR count). The molecule has 1 amide bonds. The largest absolute Gasteiger partial charge is 0.348 e. The van der Waals surface area contributed by atoms with Crippen molar-refractivity contribution in [2.45, 2.75) is 39.3 Å². The van der Waals surface area contributed by atoms with E-state index in [1.165, 1.54) is 21.6 Å². The summed E-state index contributed by atoms with van der Waals surface area (Å²) in [4.78, 5) is 16.2. The van der Waals surface area contributed by atoms with Gasteiger partial charge in [0.2, 0.25) is 5.91 Å². The minimum absolute atomic E-state index is 0.0421. The molecule has 1 aromatic heterocycles. The zero-order valence-electron chi connectivity index (χ0n) is 14.0. The summed E-state index contributed by atoms with van der Waals surface area (Å²) in [6, 6.07) is 10.8. The molecule has 0 saturated heterocycles. The number of fused-ring (bicyclic) bond motifs is 1. The highest BCUT2D eigenvalue weighted by molar-refractivity contribution is 7.10. The van der Waals surface area contributed by atoms with Crippen LogP contribution >= 0.6 is 11.3 Å². The smallest absolute Gasteiger partial charge is 0.234 e. The summed E-state index contributed by atoms with van der Waals surface area (Å²) in [7, 11) is 0. The first kappa shape index (κ1) is 16.2. The third-order valence-electron chi connectivity index (χ3n) is 4.78. The van der Waals surface area contributed by atoms with Crippen LogP contribution in [0.15, 0.2) is 35.7 Å². The summed E-state index contributed by atoms with van der Waals surface area (Å²) in [5.41, 5.74) is 3.79. The molecule has 0 bridgehead atoms. The van der Waals surface area contributed by atoms with Gasteiger partial charge in [0, 0.05) is 17.5 Å². The van der Waals surface area contributed by atoms with Gasteiger partial charge in [-0.15, -0.1) is 11.3 Å². The SMILES string of the molecule is Cc1ccccc1[C@@H](C)NC(=O)CN1CCc2sccc2[C@H]1C. The van der Waals surface area contributed by atoms with Crippen molar-refractivity contribution in [1.29, 1.82) is 0 Å². The molecular formula is C19H24N2OS. The average molecular weight is 328 g/mol. The number of nitrogens with one attached hydrogen (secondary N) is 1. The van der Waals surface area contributed by atoms with Gasteiger partial charge in [0.1, 0.15) is 0 Å². The van der Waals surface area contributed by atoms with E-state index in [-0.39, 0.29) is 11.9 Å². The first-order chi connectivity index (χ1) is 11.1. The second-order valence-corrected chi connectivity index (χ2v) is 7.34. The van der Waals surface area contributed by atoms with Crippen LogP contribution in [0.25, 0.3) is 0 Å².